The number of rotatable bonds is 10. The molecule has 1 unspecified atom stereocenters. The number of amides is 1. The zero-order valence-corrected chi connectivity index (χ0v) is 19.5. The lowest BCUT2D eigenvalue weighted by Crippen LogP contribution is -2.29. The molecule has 33 heavy (non-hydrogen) atoms. The van der Waals surface area contributed by atoms with Gasteiger partial charge >= 0.3 is 0 Å². The van der Waals surface area contributed by atoms with Gasteiger partial charge in [0.2, 0.25) is 10.0 Å². The van der Waals surface area contributed by atoms with Crippen molar-refractivity contribution in [2.45, 2.75) is 44.2 Å². The number of nitrogens with one attached hydrogen (secondary N) is 1. The van der Waals surface area contributed by atoms with Crippen LogP contribution in [0.2, 0.25) is 0 Å². The van der Waals surface area contributed by atoms with Crippen LogP contribution >= 0.6 is 0 Å². The molecule has 0 radical (unpaired) electrons. The van der Waals surface area contributed by atoms with E-state index in [1.54, 1.807) is 31.2 Å². The Balaban J connectivity index is 1.71. The summed E-state index contributed by atoms with van der Waals surface area (Å²) in [6.07, 6.45) is 0.592. The van der Waals surface area contributed by atoms with Gasteiger partial charge in [-0.25, -0.2) is 13.1 Å². The number of nitrogens with zero attached hydrogens (tertiary/aromatic N) is 4. The van der Waals surface area contributed by atoms with Crippen molar-refractivity contribution in [1.29, 1.82) is 0 Å². The fraction of sp³-hybridized carbons (Fsp3) is 0.364. The Bertz CT molecular complexity index is 1150. The largest absolute Gasteiger partial charge is 0.506 e. The first kappa shape index (κ1) is 24.5. The molecule has 176 valence electrons. The maximum atomic E-state index is 12.7. The highest BCUT2D eigenvalue weighted by molar-refractivity contribution is 7.89. The van der Waals surface area contributed by atoms with Crippen LogP contribution < -0.4 is 9.73 Å². The average Bonchev–Trinajstić information content (AvgIpc) is 3.06. The lowest BCUT2D eigenvalue weighted by atomic mass is 10.2. The molecule has 1 heterocycles. The van der Waals surface area contributed by atoms with E-state index in [2.05, 4.69) is 20.1 Å². The molecule has 0 bridgehead atoms. The van der Waals surface area contributed by atoms with Crippen molar-refractivity contribution >= 4 is 33.0 Å². The Morgan fingerprint density at radius 1 is 1.21 bits per heavy atom. The fourth-order valence-corrected chi connectivity index (χ4v) is 4.09. The van der Waals surface area contributed by atoms with E-state index in [9.17, 15) is 18.3 Å². The molecule has 0 aliphatic carbocycles. The first-order valence-corrected chi connectivity index (χ1v) is 12.0. The number of sulfonamides is 1. The summed E-state index contributed by atoms with van der Waals surface area (Å²) >= 11 is 0. The number of hydrogen-bond donors (Lipinski definition) is 2. The van der Waals surface area contributed by atoms with Gasteiger partial charge in [-0.1, -0.05) is 18.2 Å². The van der Waals surface area contributed by atoms with Gasteiger partial charge in [0.05, 0.1) is 22.4 Å². The van der Waals surface area contributed by atoms with Gasteiger partial charge in [-0.05, 0) is 57.5 Å². The maximum absolute atomic E-state index is 12.7. The van der Waals surface area contributed by atoms with E-state index in [0.29, 0.717) is 24.4 Å². The van der Waals surface area contributed by atoms with E-state index >= 15 is 0 Å². The number of phenolic OH excluding ortho intramolecular Hbond substituents is 1. The second-order valence-corrected chi connectivity index (χ2v) is 9.43. The molecule has 1 atom stereocenters. The van der Waals surface area contributed by atoms with Crippen molar-refractivity contribution in [3.63, 3.8) is 0 Å². The molecule has 0 saturated heterocycles. The van der Waals surface area contributed by atoms with Crippen LogP contribution in [0.15, 0.2) is 68.8 Å². The quantitative estimate of drug-likeness (QED) is 0.403. The van der Waals surface area contributed by atoms with Crippen molar-refractivity contribution in [3.8, 4) is 5.75 Å². The third kappa shape index (κ3) is 6.21. The van der Waals surface area contributed by atoms with Gasteiger partial charge in [-0.15, -0.1) is 0 Å². The minimum absolute atomic E-state index is 0.0697. The standard InChI is InChI=1S/C22H27N5O5S/c1-15(2)32-13-7-12-23-33(30,31)18-10-11-20(28)19(14-18)24-25-21-16(3)26-27(22(21)29)17-8-5-4-6-9-17/h4-6,8-11,14-15,21,23,28H,7,12-13H2,1-3H3. The third-order valence-electron chi connectivity index (χ3n) is 4.70. The molecular formula is C22H27N5O5S. The molecule has 11 heteroatoms. The smallest absolute Gasteiger partial charge is 0.280 e. The van der Waals surface area contributed by atoms with Gasteiger partial charge in [0.15, 0.2) is 6.04 Å². The second-order valence-electron chi connectivity index (χ2n) is 7.67. The molecule has 1 amide bonds. The number of anilines is 1. The van der Waals surface area contributed by atoms with Crippen molar-refractivity contribution in [3.05, 3.63) is 48.5 Å². The predicted molar refractivity (Wildman–Crippen MR) is 124 cm³/mol. The minimum Gasteiger partial charge on any atom is -0.506 e. The molecule has 2 N–H and O–H groups in total. The SMILES string of the molecule is CC1=NN(c2ccccc2)C(=O)C1N=Nc1cc(S(=O)(=O)NCCCOC(C)C)ccc1O. The number of ether oxygens (including phenoxy) is 1. The number of hydrazone groups is 1. The molecule has 0 fully saturated rings. The van der Waals surface area contributed by atoms with Gasteiger partial charge in [-0.3, -0.25) is 4.79 Å². The van der Waals surface area contributed by atoms with Crippen molar-refractivity contribution in [1.82, 2.24) is 4.72 Å². The monoisotopic (exact) mass is 473 g/mol. The summed E-state index contributed by atoms with van der Waals surface area (Å²) in [6, 6.07) is 11.6. The van der Waals surface area contributed by atoms with Gasteiger partial charge in [0.1, 0.15) is 11.4 Å². The highest BCUT2D eigenvalue weighted by Gasteiger charge is 2.34. The second kappa shape index (κ2) is 10.6. The van der Waals surface area contributed by atoms with E-state index in [0.717, 1.165) is 0 Å². The highest BCUT2D eigenvalue weighted by atomic mass is 32.2. The summed E-state index contributed by atoms with van der Waals surface area (Å²) in [7, 11) is -3.82. The Morgan fingerprint density at radius 2 is 1.94 bits per heavy atom. The average molecular weight is 474 g/mol. The summed E-state index contributed by atoms with van der Waals surface area (Å²) in [5.41, 5.74) is 0.960. The molecule has 0 spiro atoms. The van der Waals surface area contributed by atoms with Crippen molar-refractivity contribution in [2.24, 2.45) is 15.3 Å². The van der Waals surface area contributed by atoms with Crippen LogP contribution in [0, 0.1) is 0 Å². The first-order valence-electron chi connectivity index (χ1n) is 10.5. The number of benzene rings is 2. The summed E-state index contributed by atoms with van der Waals surface area (Å²) in [4.78, 5) is 12.7. The van der Waals surface area contributed by atoms with Gasteiger partial charge < -0.3 is 9.84 Å². The number of aromatic hydroxyl groups is 1. The zero-order chi connectivity index (χ0) is 24.0. The lowest BCUT2D eigenvalue weighted by molar-refractivity contribution is -0.117. The summed E-state index contributed by atoms with van der Waals surface area (Å²) in [5, 5.41) is 23.6. The Morgan fingerprint density at radius 3 is 2.64 bits per heavy atom. The molecule has 2 aromatic carbocycles. The van der Waals surface area contributed by atoms with E-state index in [-0.39, 0.29) is 29.0 Å². The molecule has 1 aliphatic heterocycles. The van der Waals surface area contributed by atoms with Crippen LogP contribution in [0.5, 0.6) is 5.75 Å². The first-order chi connectivity index (χ1) is 15.7. The molecular weight excluding hydrogens is 446 g/mol. The van der Waals surface area contributed by atoms with E-state index in [4.69, 9.17) is 4.74 Å². The van der Waals surface area contributed by atoms with Crippen LogP contribution in [0.25, 0.3) is 0 Å². The molecule has 1 aliphatic rings. The van der Waals surface area contributed by atoms with Crippen molar-refractivity contribution < 1.29 is 23.1 Å². The van der Waals surface area contributed by atoms with Crippen LogP contribution in [0.3, 0.4) is 0 Å². The topological polar surface area (TPSA) is 133 Å². The molecule has 0 aromatic heterocycles. The van der Waals surface area contributed by atoms with Crippen LogP contribution in [0.4, 0.5) is 11.4 Å². The Hall–Kier alpha value is -3.15. The van der Waals surface area contributed by atoms with E-state index in [1.807, 2.05) is 19.9 Å². The van der Waals surface area contributed by atoms with Gasteiger partial charge in [0, 0.05) is 13.2 Å². The number of azo groups is 1. The normalized spacial score (nSPS) is 16.7. The fourth-order valence-electron chi connectivity index (χ4n) is 2.99. The Kier molecular flexibility index (Phi) is 7.90. The number of carbonyl (C=O) groups is 1. The zero-order valence-electron chi connectivity index (χ0n) is 18.7. The van der Waals surface area contributed by atoms with Crippen LogP contribution in [0.1, 0.15) is 27.2 Å². The summed E-state index contributed by atoms with van der Waals surface area (Å²) < 4.78 is 33.0. The van der Waals surface area contributed by atoms with E-state index in [1.165, 1.54) is 23.2 Å². The van der Waals surface area contributed by atoms with Crippen LogP contribution in [-0.2, 0) is 19.6 Å². The van der Waals surface area contributed by atoms with Crippen molar-refractivity contribution in [2.75, 3.05) is 18.2 Å². The van der Waals surface area contributed by atoms with E-state index < -0.39 is 22.0 Å². The van der Waals surface area contributed by atoms with Gasteiger partial charge in [-0.2, -0.15) is 20.3 Å². The van der Waals surface area contributed by atoms with Gasteiger partial charge in [0.25, 0.3) is 5.91 Å². The van der Waals surface area contributed by atoms with Crippen LogP contribution in [-0.4, -0.2) is 50.4 Å². The minimum atomic E-state index is -3.82. The molecule has 0 saturated carbocycles. The number of para-hydroxylation sites is 1. The Labute approximate surface area is 193 Å². The molecule has 2 aromatic rings. The summed E-state index contributed by atoms with van der Waals surface area (Å²) in [5.74, 6) is -0.654. The maximum Gasteiger partial charge on any atom is 0.280 e. The highest BCUT2D eigenvalue weighted by Crippen LogP contribution is 2.30. The molecule has 3 rings (SSSR count). The molecule has 10 nitrogen and oxygen atoms in total. The lowest BCUT2D eigenvalue weighted by Gasteiger charge is -2.12. The third-order valence-corrected chi connectivity index (χ3v) is 6.16. The summed E-state index contributed by atoms with van der Waals surface area (Å²) in [6.45, 7) is 6.10. The number of hydrogen-bond acceptors (Lipinski definition) is 8. The predicted octanol–water partition coefficient (Wildman–Crippen LogP) is 3.36. The number of phenols is 1. The number of carbonyl (C=O) groups excluding carboxylic acids is 1.